The summed E-state index contributed by atoms with van der Waals surface area (Å²) in [5.74, 6) is -1.11. The lowest BCUT2D eigenvalue weighted by molar-refractivity contribution is 0.0690. The van der Waals surface area contributed by atoms with Crippen molar-refractivity contribution in [3.63, 3.8) is 0 Å². The SMILES string of the molecule is CCCCN(CC)C(=O)NCCn1cc(C(=O)O)nn1. The lowest BCUT2D eigenvalue weighted by Crippen LogP contribution is -2.41. The molecule has 20 heavy (non-hydrogen) atoms. The number of hydrogen-bond donors (Lipinski definition) is 2. The van der Waals surface area contributed by atoms with E-state index in [0.29, 0.717) is 19.6 Å². The standard InChI is InChI=1S/C12H21N5O3/c1-3-5-7-16(4-2)12(20)13-6-8-17-9-10(11(18)19)14-15-17/h9H,3-8H2,1-2H3,(H,13,20)(H,18,19). The van der Waals surface area contributed by atoms with E-state index in [-0.39, 0.29) is 11.7 Å². The van der Waals surface area contributed by atoms with Gasteiger partial charge < -0.3 is 15.3 Å². The molecule has 0 aromatic carbocycles. The van der Waals surface area contributed by atoms with Gasteiger partial charge in [-0.1, -0.05) is 18.6 Å². The van der Waals surface area contributed by atoms with Gasteiger partial charge in [-0.2, -0.15) is 0 Å². The highest BCUT2D eigenvalue weighted by Crippen LogP contribution is 1.96. The van der Waals surface area contributed by atoms with Crippen molar-refractivity contribution in [2.45, 2.75) is 33.2 Å². The molecule has 0 aliphatic carbocycles. The van der Waals surface area contributed by atoms with Crippen molar-refractivity contribution >= 4 is 12.0 Å². The number of carbonyl (C=O) groups excluding carboxylic acids is 1. The molecule has 0 bridgehead atoms. The Hall–Kier alpha value is -2.12. The highest BCUT2D eigenvalue weighted by Gasteiger charge is 2.11. The summed E-state index contributed by atoms with van der Waals surface area (Å²) in [6.45, 7) is 6.19. The number of hydrogen-bond acceptors (Lipinski definition) is 4. The normalized spacial score (nSPS) is 10.3. The second kappa shape index (κ2) is 8.13. The summed E-state index contributed by atoms with van der Waals surface area (Å²) in [7, 11) is 0. The number of carboxylic acids is 1. The first kappa shape index (κ1) is 15.9. The minimum atomic E-state index is -1.11. The van der Waals surface area contributed by atoms with Crippen LogP contribution in [0.4, 0.5) is 4.79 Å². The van der Waals surface area contributed by atoms with Gasteiger partial charge in [-0.25, -0.2) is 14.3 Å². The smallest absolute Gasteiger partial charge is 0.358 e. The van der Waals surface area contributed by atoms with Crippen LogP contribution in [0.5, 0.6) is 0 Å². The Morgan fingerprint density at radius 2 is 2.20 bits per heavy atom. The summed E-state index contributed by atoms with van der Waals surface area (Å²) in [5.41, 5.74) is -0.102. The van der Waals surface area contributed by atoms with Crippen LogP contribution >= 0.6 is 0 Å². The fourth-order valence-electron chi connectivity index (χ4n) is 1.65. The summed E-state index contributed by atoms with van der Waals surface area (Å²) >= 11 is 0. The van der Waals surface area contributed by atoms with Gasteiger partial charge in [0.1, 0.15) is 0 Å². The summed E-state index contributed by atoms with van der Waals surface area (Å²) in [6.07, 6.45) is 3.36. The predicted molar refractivity (Wildman–Crippen MR) is 72.5 cm³/mol. The third-order valence-corrected chi connectivity index (χ3v) is 2.83. The number of nitrogens with zero attached hydrogens (tertiary/aromatic N) is 4. The monoisotopic (exact) mass is 283 g/mol. The van der Waals surface area contributed by atoms with Crippen molar-refractivity contribution in [3.8, 4) is 0 Å². The first-order chi connectivity index (χ1) is 9.58. The second-order valence-corrected chi connectivity index (χ2v) is 4.34. The van der Waals surface area contributed by atoms with E-state index in [1.54, 1.807) is 4.90 Å². The predicted octanol–water partition coefficient (Wildman–Crippen LogP) is 0.808. The molecule has 2 amide bonds. The number of aromatic nitrogens is 3. The van der Waals surface area contributed by atoms with Crippen molar-refractivity contribution in [1.82, 2.24) is 25.2 Å². The quantitative estimate of drug-likeness (QED) is 0.735. The van der Waals surface area contributed by atoms with Crippen molar-refractivity contribution in [2.75, 3.05) is 19.6 Å². The molecule has 0 saturated heterocycles. The van der Waals surface area contributed by atoms with Gasteiger partial charge in [0.25, 0.3) is 0 Å². The Morgan fingerprint density at radius 3 is 2.75 bits per heavy atom. The summed E-state index contributed by atoms with van der Waals surface area (Å²) in [6, 6.07) is -0.112. The van der Waals surface area contributed by atoms with E-state index in [2.05, 4.69) is 22.6 Å². The Balaban J connectivity index is 2.34. The number of urea groups is 1. The summed E-state index contributed by atoms with van der Waals surface area (Å²) < 4.78 is 1.39. The molecule has 0 aliphatic heterocycles. The number of aromatic carboxylic acids is 1. The molecule has 1 aromatic heterocycles. The molecule has 8 nitrogen and oxygen atoms in total. The van der Waals surface area contributed by atoms with Crippen LogP contribution in [0.15, 0.2) is 6.20 Å². The molecule has 0 radical (unpaired) electrons. The molecule has 0 unspecified atom stereocenters. The number of rotatable bonds is 8. The average molecular weight is 283 g/mol. The molecule has 0 fully saturated rings. The fourth-order valence-corrected chi connectivity index (χ4v) is 1.65. The Labute approximate surface area is 117 Å². The maximum absolute atomic E-state index is 11.9. The molecule has 1 rings (SSSR count). The largest absolute Gasteiger partial charge is 0.476 e. The highest BCUT2D eigenvalue weighted by molar-refractivity contribution is 5.84. The van der Waals surface area contributed by atoms with Gasteiger partial charge in [0.05, 0.1) is 12.7 Å². The second-order valence-electron chi connectivity index (χ2n) is 4.34. The van der Waals surface area contributed by atoms with Crippen LogP contribution in [0.2, 0.25) is 0 Å². The van der Waals surface area contributed by atoms with Gasteiger partial charge in [0, 0.05) is 19.6 Å². The van der Waals surface area contributed by atoms with E-state index in [0.717, 1.165) is 19.4 Å². The minimum Gasteiger partial charge on any atom is -0.476 e. The van der Waals surface area contributed by atoms with Crippen LogP contribution in [0.1, 0.15) is 37.2 Å². The van der Waals surface area contributed by atoms with E-state index in [1.165, 1.54) is 10.9 Å². The van der Waals surface area contributed by atoms with Crippen LogP contribution in [0.25, 0.3) is 0 Å². The number of nitrogens with one attached hydrogen (secondary N) is 1. The van der Waals surface area contributed by atoms with Gasteiger partial charge in [0.2, 0.25) is 0 Å². The summed E-state index contributed by atoms with van der Waals surface area (Å²) in [4.78, 5) is 24.2. The first-order valence-electron chi connectivity index (χ1n) is 6.74. The summed E-state index contributed by atoms with van der Waals surface area (Å²) in [5, 5.41) is 18.7. The molecule has 0 aliphatic rings. The Morgan fingerprint density at radius 1 is 1.45 bits per heavy atom. The molecule has 0 spiro atoms. The van der Waals surface area contributed by atoms with Crippen LogP contribution in [0.3, 0.4) is 0 Å². The van der Waals surface area contributed by atoms with Crippen LogP contribution in [-0.2, 0) is 6.54 Å². The van der Waals surface area contributed by atoms with Gasteiger partial charge >= 0.3 is 12.0 Å². The maximum Gasteiger partial charge on any atom is 0.358 e. The van der Waals surface area contributed by atoms with Gasteiger partial charge in [-0.05, 0) is 13.3 Å². The minimum absolute atomic E-state index is 0.102. The average Bonchev–Trinajstić information content (AvgIpc) is 2.88. The zero-order valence-electron chi connectivity index (χ0n) is 11.9. The van der Waals surface area contributed by atoms with Gasteiger partial charge in [0.15, 0.2) is 5.69 Å². The maximum atomic E-state index is 11.9. The zero-order valence-corrected chi connectivity index (χ0v) is 11.9. The third kappa shape index (κ3) is 4.87. The fraction of sp³-hybridized carbons (Fsp3) is 0.667. The van der Waals surface area contributed by atoms with Crippen molar-refractivity contribution < 1.29 is 14.7 Å². The molecule has 8 heteroatoms. The number of carbonyl (C=O) groups is 2. The van der Waals surface area contributed by atoms with Crippen molar-refractivity contribution in [3.05, 3.63) is 11.9 Å². The molecular formula is C12H21N5O3. The molecule has 2 N–H and O–H groups in total. The molecule has 1 heterocycles. The van der Waals surface area contributed by atoms with Crippen LogP contribution in [0, 0.1) is 0 Å². The number of unbranched alkanes of at least 4 members (excludes halogenated alkanes) is 1. The Bertz CT molecular complexity index is 446. The topological polar surface area (TPSA) is 100 Å². The van der Waals surface area contributed by atoms with Crippen LogP contribution in [-0.4, -0.2) is 56.6 Å². The lowest BCUT2D eigenvalue weighted by atomic mass is 10.3. The van der Waals surface area contributed by atoms with E-state index in [1.807, 2.05) is 6.92 Å². The molecule has 0 atom stereocenters. The van der Waals surface area contributed by atoms with Crippen LogP contribution < -0.4 is 5.32 Å². The van der Waals surface area contributed by atoms with Crippen molar-refractivity contribution in [2.24, 2.45) is 0 Å². The lowest BCUT2D eigenvalue weighted by Gasteiger charge is -2.21. The molecule has 1 aromatic rings. The number of carboxylic acid groups (broad SMARTS) is 1. The Kier molecular flexibility index (Phi) is 6.48. The molecular weight excluding hydrogens is 262 g/mol. The van der Waals surface area contributed by atoms with Gasteiger partial charge in [-0.3, -0.25) is 0 Å². The van der Waals surface area contributed by atoms with Gasteiger partial charge in [-0.15, -0.1) is 5.10 Å². The zero-order chi connectivity index (χ0) is 15.0. The van der Waals surface area contributed by atoms with E-state index in [4.69, 9.17) is 5.11 Å². The number of amides is 2. The molecule has 0 saturated carbocycles. The van der Waals surface area contributed by atoms with E-state index in [9.17, 15) is 9.59 Å². The van der Waals surface area contributed by atoms with E-state index < -0.39 is 5.97 Å². The highest BCUT2D eigenvalue weighted by atomic mass is 16.4. The molecule has 112 valence electrons. The first-order valence-corrected chi connectivity index (χ1v) is 6.74. The van der Waals surface area contributed by atoms with Crippen molar-refractivity contribution in [1.29, 1.82) is 0 Å². The third-order valence-electron chi connectivity index (χ3n) is 2.83. The van der Waals surface area contributed by atoms with E-state index >= 15 is 0 Å².